The van der Waals surface area contributed by atoms with Gasteiger partial charge in [0.1, 0.15) is 12.4 Å². The second-order valence-electron chi connectivity index (χ2n) is 4.64. The number of pyridine rings is 1. The van der Waals surface area contributed by atoms with Crippen molar-refractivity contribution in [3.8, 4) is 17.3 Å². The fourth-order valence-corrected chi connectivity index (χ4v) is 1.75. The third-order valence-electron chi connectivity index (χ3n) is 2.89. The standard InChI is InChI=1S/C14H10F3N5O2/c1-7-18-5-10(15)13(20-7)23-6-9-3-2-8(4-19-9)12-21-22-14(24-12)11(16)17/h2-5,11H,6H2,1H3. The smallest absolute Gasteiger partial charge is 0.314 e. The van der Waals surface area contributed by atoms with E-state index >= 15 is 0 Å². The number of hydrogen-bond acceptors (Lipinski definition) is 7. The topological polar surface area (TPSA) is 86.8 Å². The van der Waals surface area contributed by atoms with Crippen LogP contribution in [0.4, 0.5) is 13.2 Å². The van der Waals surface area contributed by atoms with E-state index in [4.69, 9.17) is 9.15 Å². The zero-order valence-electron chi connectivity index (χ0n) is 12.3. The van der Waals surface area contributed by atoms with Gasteiger partial charge in [0.2, 0.25) is 11.7 Å². The van der Waals surface area contributed by atoms with Gasteiger partial charge in [-0.05, 0) is 19.1 Å². The molecule has 0 fully saturated rings. The van der Waals surface area contributed by atoms with Crippen LogP contribution in [0.1, 0.15) is 23.8 Å². The lowest BCUT2D eigenvalue weighted by molar-refractivity contribution is 0.116. The summed E-state index contributed by atoms with van der Waals surface area (Å²) in [4.78, 5) is 11.6. The Balaban J connectivity index is 1.69. The monoisotopic (exact) mass is 337 g/mol. The van der Waals surface area contributed by atoms with Crippen LogP contribution in [-0.4, -0.2) is 25.1 Å². The Bertz CT molecular complexity index is 839. The second-order valence-corrected chi connectivity index (χ2v) is 4.64. The van der Waals surface area contributed by atoms with E-state index in [1.165, 1.54) is 6.20 Å². The van der Waals surface area contributed by atoms with Gasteiger partial charge in [0.05, 0.1) is 17.5 Å². The first-order valence-corrected chi connectivity index (χ1v) is 6.71. The van der Waals surface area contributed by atoms with Crippen molar-refractivity contribution in [3.05, 3.63) is 47.8 Å². The average molecular weight is 337 g/mol. The van der Waals surface area contributed by atoms with E-state index in [-0.39, 0.29) is 18.4 Å². The molecule has 7 nitrogen and oxygen atoms in total. The predicted octanol–water partition coefficient (Wildman–Crippen LogP) is 2.89. The van der Waals surface area contributed by atoms with Crippen LogP contribution in [0.3, 0.4) is 0 Å². The van der Waals surface area contributed by atoms with Crippen molar-refractivity contribution in [2.45, 2.75) is 20.0 Å². The van der Waals surface area contributed by atoms with Gasteiger partial charge in [-0.25, -0.2) is 4.98 Å². The molecule has 0 aliphatic carbocycles. The van der Waals surface area contributed by atoms with Crippen molar-refractivity contribution in [2.75, 3.05) is 0 Å². The summed E-state index contributed by atoms with van der Waals surface area (Å²) in [5, 5.41) is 6.75. The third kappa shape index (κ3) is 3.47. The van der Waals surface area contributed by atoms with Crippen LogP contribution in [0.5, 0.6) is 5.88 Å². The van der Waals surface area contributed by atoms with Gasteiger partial charge in [-0.1, -0.05) is 0 Å². The minimum Gasteiger partial charge on any atom is -0.469 e. The number of nitrogens with zero attached hydrogens (tertiary/aromatic N) is 5. The van der Waals surface area contributed by atoms with Crippen molar-refractivity contribution in [1.82, 2.24) is 25.1 Å². The molecule has 3 aromatic heterocycles. The SMILES string of the molecule is Cc1ncc(F)c(OCc2ccc(-c3nnc(C(F)F)o3)cn2)n1. The molecule has 0 aliphatic rings. The first-order valence-electron chi connectivity index (χ1n) is 6.71. The van der Waals surface area contributed by atoms with Crippen LogP contribution in [0.25, 0.3) is 11.5 Å². The van der Waals surface area contributed by atoms with Crippen molar-refractivity contribution in [2.24, 2.45) is 0 Å². The molecular formula is C14H10F3N5O2. The summed E-state index contributed by atoms with van der Waals surface area (Å²) >= 11 is 0. The van der Waals surface area contributed by atoms with Gasteiger partial charge in [-0.3, -0.25) is 4.98 Å². The first kappa shape index (κ1) is 15.8. The van der Waals surface area contributed by atoms with Crippen LogP contribution in [-0.2, 0) is 6.61 Å². The molecular weight excluding hydrogens is 327 g/mol. The minimum absolute atomic E-state index is 0.0280. The van der Waals surface area contributed by atoms with Crippen LogP contribution < -0.4 is 4.74 Å². The average Bonchev–Trinajstić information content (AvgIpc) is 3.06. The third-order valence-corrected chi connectivity index (χ3v) is 2.89. The van der Waals surface area contributed by atoms with Gasteiger partial charge in [0.15, 0.2) is 0 Å². The number of halogens is 3. The molecule has 0 unspecified atom stereocenters. The van der Waals surface area contributed by atoms with Gasteiger partial charge >= 0.3 is 6.43 Å². The summed E-state index contributed by atoms with van der Waals surface area (Å²) in [5.74, 6) is -1.30. The minimum atomic E-state index is -2.84. The molecule has 3 rings (SSSR count). The lowest BCUT2D eigenvalue weighted by Gasteiger charge is -2.06. The van der Waals surface area contributed by atoms with Crippen molar-refractivity contribution in [3.63, 3.8) is 0 Å². The van der Waals surface area contributed by atoms with Crippen molar-refractivity contribution < 1.29 is 22.3 Å². The highest BCUT2D eigenvalue weighted by atomic mass is 19.3. The van der Waals surface area contributed by atoms with E-state index < -0.39 is 18.1 Å². The maximum Gasteiger partial charge on any atom is 0.314 e. The summed E-state index contributed by atoms with van der Waals surface area (Å²) in [6, 6.07) is 3.11. The lowest BCUT2D eigenvalue weighted by Crippen LogP contribution is -2.03. The van der Waals surface area contributed by atoms with E-state index in [9.17, 15) is 13.2 Å². The van der Waals surface area contributed by atoms with E-state index in [1.54, 1.807) is 19.1 Å². The number of alkyl halides is 2. The largest absolute Gasteiger partial charge is 0.469 e. The highest BCUT2D eigenvalue weighted by Gasteiger charge is 2.17. The highest BCUT2D eigenvalue weighted by molar-refractivity contribution is 5.50. The molecule has 0 spiro atoms. The fraction of sp³-hybridized carbons (Fsp3) is 0.214. The Morgan fingerprint density at radius 2 is 2.00 bits per heavy atom. The quantitative estimate of drug-likeness (QED) is 0.707. The highest BCUT2D eigenvalue weighted by Crippen LogP contribution is 2.23. The molecule has 0 radical (unpaired) electrons. The molecule has 3 heterocycles. The van der Waals surface area contributed by atoms with Gasteiger partial charge in [-0.2, -0.15) is 18.2 Å². The number of aryl methyl sites for hydroxylation is 1. The Hall–Kier alpha value is -3.04. The van der Waals surface area contributed by atoms with Crippen LogP contribution in [0, 0.1) is 12.7 Å². The molecule has 124 valence electrons. The molecule has 10 heteroatoms. The summed E-state index contributed by atoms with van der Waals surface area (Å²) < 4.78 is 48.4. The summed E-state index contributed by atoms with van der Waals surface area (Å²) in [7, 11) is 0. The van der Waals surface area contributed by atoms with Crippen LogP contribution in [0.15, 0.2) is 28.9 Å². The van der Waals surface area contributed by atoms with E-state index in [2.05, 4.69) is 25.1 Å². The molecule has 0 N–H and O–H groups in total. The lowest BCUT2D eigenvalue weighted by atomic mass is 10.2. The maximum absolute atomic E-state index is 13.5. The normalized spacial score (nSPS) is 11.0. The Morgan fingerprint density at radius 3 is 2.67 bits per heavy atom. The molecule has 0 aromatic carbocycles. The summed E-state index contributed by atoms with van der Waals surface area (Å²) in [5.41, 5.74) is 0.852. The maximum atomic E-state index is 13.5. The molecule has 0 atom stereocenters. The first-order chi connectivity index (χ1) is 11.5. The van der Waals surface area contributed by atoms with Crippen molar-refractivity contribution in [1.29, 1.82) is 0 Å². The van der Waals surface area contributed by atoms with Crippen LogP contribution in [0.2, 0.25) is 0 Å². The molecule has 24 heavy (non-hydrogen) atoms. The number of aromatic nitrogens is 5. The Labute approximate surface area is 133 Å². The predicted molar refractivity (Wildman–Crippen MR) is 73.5 cm³/mol. The molecule has 0 bridgehead atoms. The molecule has 0 aliphatic heterocycles. The van der Waals surface area contributed by atoms with Gasteiger partial charge in [0, 0.05) is 6.20 Å². The Morgan fingerprint density at radius 1 is 1.17 bits per heavy atom. The van der Waals surface area contributed by atoms with Crippen LogP contribution >= 0.6 is 0 Å². The van der Waals surface area contributed by atoms with Gasteiger partial charge in [-0.15, -0.1) is 10.2 Å². The van der Waals surface area contributed by atoms with Gasteiger partial charge < -0.3 is 9.15 Å². The fourth-order valence-electron chi connectivity index (χ4n) is 1.75. The zero-order chi connectivity index (χ0) is 17.1. The molecule has 0 amide bonds. The van der Waals surface area contributed by atoms with Gasteiger partial charge in [0.25, 0.3) is 11.8 Å². The zero-order valence-corrected chi connectivity index (χ0v) is 12.3. The summed E-state index contributed by atoms with van der Waals surface area (Å²) in [6.07, 6.45) is -0.453. The van der Waals surface area contributed by atoms with E-state index in [0.29, 0.717) is 17.1 Å². The number of ether oxygens (including phenoxy) is 1. The molecule has 0 saturated carbocycles. The van der Waals surface area contributed by atoms with E-state index in [0.717, 1.165) is 6.20 Å². The number of rotatable bonds is 5. The van der Waals surface area contributed by atoms with E-state index in [1.807, 2.05) is 0 Å². The molecule has 0 saturated heterocycles. The number of hydrogen-bond donors (Lipinski definition) is 0. The van der Waals surface area contributed by atoms with Crippen molar-refractivity contribution >= 4 is 0 Å². The molecule has 3 aromatic rings. The Kier molecular flexibility index (Phi) is 4.36. The summed E-state index contributed by atoms with van der Waals surface area (Å²) in [6.45, 7) is 1.58. The second kappa shape index (κ2) is 6.60.